The molecule has 1 saturated heterocycles. The van der Waals surface area contributed by atoms with Gasteiger partial charge in [0.2, 0.25) is 5.91 Å². The van der Waals surface area contributed by atoms with E-state index in [-0.39, 0.29) is 24.3 Å². The topological polar surface area (TPSA) is 58.6 Å². The number of benzene rings is 2. The molecule has 1 heterocycles. The lowest BCUT2D eigenvalue weighted by atomic mass is 10.2. The molecule has 2 aromatic carbocycles. The fourth-order valence-electron chi connectivity index (χ4n) is 3.00. The number of hydrogen-bond acceptors (Lipinski definition) is 3. The molecule has 0 spiro atoms. The van der Waals surface area contributed by atoms with Crippen LogP contribution in [0, 0.1) is 5.82 Å². The second kappa shape index (κ2) is 8.66. The molecule has 2 aromatic rings. The van der Waals surface area contributed by atoms with Gasteiger partial charge in [-0.05, 0) is 48.9 Å². The van der Waals surface area contributed by atoms with E-state index < -0.39 is 5.82 Å². The van der Waals surface area contributed by atoms with Crippen LogP contribution in [-0.4, -0.2) is 31.0 Å². The van der Waals surface area contributed by atoms with Crippen LogP contribution in [0.25, 0.3) is 0 Å². The van der Waals surface area contributed by atoms with Crippen molar-refractivity contribution in [1.82, 2.24) is 5.32 Å². The highest BCUT2D eigenvalue weighted by molar-refractivity contribution is 5.99. The van der Waals surface area contributed by atoms with Gasteiger partial charge in [0, 0.05) is 24.2 Å². The molecule has 2 amide bonds. The Hall–Kier alpha value is -2.89. The van der Waals surface area contributed by atoms with Crippen LogP contribution in [-0.2, 0) is 4.79 Å². The highest BCUT2D eigenvalue weighted by Crippen LogP contribution is 2.22. The quantitative estimate of drug-likeness (QED) is 0.759. The van der Waals surface area contributed by atoms with E-state index in [0.29, 0.717) is 24.4 Å². The van der Waals surface area contributed by atoms with Crippen LogP contribution in [0.2, 0.25) is 0 Å². The smallest absolute Gasteiger partial charge is 0.251 e. The molecule has 5 nitrogen and oxygen atoms in total. The van der Waals surface area contributed by atoms with Crippen LogP contribution < -0.4 is 15.0 Å². The van der Waals surface area contributed by atoms with E-state index in [9.17, 15) is 14.0 Å². The summed E-state index contributed by atoms with van der Waals surface area (Å²) in [5.74, 6) is -0.0399. The number of unbranched alkanes of at least 4 members (excludes halogenated alkanes) is 1. The first-order chi connectivity index (χ1) is 13.1. The van der Waals surface area contributed by atoms with Crippen LogP contribution in [0.4, 0.5) is 10.1 Å². The van der Waals surface area contributed by atoms with Crippen LogP contribution in [0.1, 0.15) is 36.5 Å². The van der Waals surface area contributed by atoms with E-state index in [1.807, 2.05) is 0 Å². The molecule has 6 heteroatoms. The third kappa shape index (κ3) is 4.84. The molecular weight excluding hydrogens is 347 g/mol. The number of amides is 2. The van der Waals surface area contributed by atoms with Crippen LogP contribution in [0.5, 0.6) is 5.75 Å². The molecule has 1 aliphatic rings. The van der Waals surface area contributed by atoms with Crippen molar-refractivity contribution >= 4 is 17.5 Å². The van der Waals surface area contributed by atoms with Crippen molar-refractivity contribution in [2.45, 2.75) is 32.2 Å². The van der Waals surface area contributed by atoms with Gasteiger partial charge in [-0.3, -0.25) is 9.59 Å². The minimum Gasteiger partial charge on any atom is -0.494 e. The van der Waals surface area contributed by atoms with E-state index in [0.717, 1.165) is 18.6 Å². The van der Waals surface area contributed by atoms with E-state index in [1.165, 1.54) is 17.0 Å². The summed E-state index contributed by atoms with van der Waals surface area (Å²) in [6, 6.07) is 12.5. The van der Waals surface area contributed by atoms with Crippen molar-refractivity contribution in [3.05, 3.63) is 59.9 Å². The first kappa shape index (κ1) is 18.9. The Labute approximate surface area is 158 Å². The maximum atomic E-state index is 13.4. The summed E-state index contributed by atoms with van der Waals surface area (Å²) in [5.41, 5.74) is 1.01. The fraction of sp³-hybridized carbons (Fsp3) is 0.333. The Morgan fingerprint density at radius 1 is 1.26 bits per heavy atom. The fourth-order valence-corrected chi connectivity index (χ4v) is 3.00. The number of nitrogens with one attached hydrogen (secondary N) is 1. The lowest BCUT2D eigenvalue weighted by molar-refractivity contribution is -0.117. The summed E-state index contributed by atoms with van der Waals surface area (Å²) in [4.78, 5) is 26.2. The molecule has 0 unspecified atom stereocenters. The Morgan fingerprint density at radius 3 is 2.74 bits per heavy atom. The third-order valence-corrected chi connectivity index (χ3v) is 4.46. The number of nitrogens with zero attached hydrogens (tertiary/aromatic N) is 1. The Balaban J connectivity index is 1.57. The SMILES string of the molecule is CCCCOc1ccc(C(=O)N[C@H]2CC(=O)N(c3cccc(F)c3)C2)cc1. The normalized spacial score (nSPS) is 16.4. The van der Waals surface area contributed by atoms with Crippen molar-refractivity contribution in [3.8, 4) is 5.75 Å². The molecule has 0 saturated carbocycles. The summed E-state index contributed by atoms with van der Waals surface area (Å²) < 4.78 is 19.0. The number of hydrogen-bond donors (Lipinski definition) is 1. The molecule has 1 aliphatic heterocycles. The Bertz CT molecular complexity index is 807. The molecule has 1 atom stereocenters. The van der Waals surface area contributed by atoms with Crippen molar-refractivity contribution in [2.24, 2.45) is 0 Å². The zero-order chi connectivity index (χ0) is 19.2. The van der Waals surface area contributed by atoms with Gasteiger partial charge in [-0.15, -0.1) is 0 Å². The molecule has 27 heavy (non-hydrogen) atoms. The summed E-state index contributed by atoms with van der Waals surface area (Å²) in [5, 5.41) is 2.88. The third-order valence-electron chi connectivity index (χ3n) is 4.46. The molecule has 0 bridgehead atoms. The van der Waals surface area contributed by atoms with E-state index in [1.54, 1.807) is 36.4 Å². The number of rotatable bonds is 7. The minimum atomic E-state index is -0.394. The predicted molar refractivity (Wildman–Crippen MR) is 101 cm³/mol. The number of halogens is 1. The maximum absolute atomic E-state index is 13.4. The summed E-state index contributed by atoms with van der Waals surface area (Å²) >= 11 is 0. The molecule has 1 N–H and O–H groups in total. The molecule has 0 aromatic heterocycles. The van der Waals surface area contributed by atoms with Gasteiger partial charge in [0.05, 0.1) is 12.6 Å². The Kier molecular flexibility index (Phi) is 6.06. The molecule has 142 valence electrons. The van der Waals surface area contributed by atoms with Crippen molar-refractivity contribution in [3.63, 3.8) is 0 Å². The highest BCUT2D eigenvalue weighted by Gasteiger charge is 2.31. The predicted octanol–water partition coefficient (Wildman–Crippen LogP) is 3.54. The van der Waals surface area contributed by atoms with Gasteiger partial charge in [-0.25, -0.2) is 4.39 Å². The lowest BCUT2D eigenvalue weighted by Gasteiger charge is -2.17. The molecular formula is C21H23FN2O3. The maximum Gasteiger partial charge on any atom is 0.251 e. The van der Waals surface area contributed by atoms with E-state index in [4.69, 9.17) is 4.74 Å². The van der Waals surface area contributed by atoms with Crippen molar-refractivity contribution in [2.75, 3.05) is 18.1 Å². The van der Waals surface area contributed by atoms with Gasteiger partial charge in [0.15, 0.2) is 0 Å². The summed E-state index contributed by atoms with van der Waals surface area (Å²) in [6.07, 6.45) is 2.24. The second-order valence-electron chi connectivity index (χ2n) is 6.59. The summed E-state index contributed by atoms with van der Waals surface area (Å²) in [7, 11) is 0. The average Bonchev–Trinajstić information content (AvgIpc) is 3.02. The minimum absolute atomic E-state index is 0.134. The monoisotopic (exact) mass is 370 g/mol. The number of anilines is 1. The number of carbonyl (C=O) groups excluding carboxylic acids is 2. The van der Waals surface area contributed by atoms with Gasteiger partial charge in [0.25, 0.3) is 5.91 Å². The first-order valence-electron chi connectivity index (χ1n) is 9.16. The van der Waals surface area contributed by atoms with Gasteiger partial charge < -0.3 is 15.0 Å². The van der Waals surface area contributed by atoms with Crippen LogP contribution >= 0.6 is 0 Å². The van der Waals surface area contributed by atoms with Crippen LogP contribution in [0.3, 0.4) is 0 Å². The molecule has 0 radical (unpaired) electrons. The largest absolute Gasteiger partial charge is 0.494 e. The Morgan fingerprint density at radius 2 is 2.04 bits per heavy atom. The van der Waals surface area contributed by atoms with Gasteiger partial charge in [-0.2, -0.15) is 0 Å². The molecule has 1 fully saturated rings. The number of ether oxygens (including phenoxy) is 1. The van der Waals surface area contributed by atoms with E-state index in [2.05, 4.69) is 12.2 Å². The second-order valence-corrected chi connectivity index (χ2v) is 6.59. The zero-order valence-electron chi connectivity index (χ0n) is 15.3. The zero-order valence-corrected chi connectivity index (χ0v) is 15.3. The first-order valence-corrected chi connectivity index (χ1v) is 9.16. The lowest BCUT2D eigenvalue weighted by Crippen LogP contribution is -2.37. The standard InChI is InChI=1S/C21H23FN2O3/c1-2-3-11-27-19-9-7-15(8-10-19)21(26)23-17-13-20(25)24(14-17)18-6-4-5-16(22)12-18/h4-10,12,17H,2-3,11,13-14H2,1H3,(H,23,26)/t17-/m0/s1. The molecule has 3 rings (SSSR count). The van der Waals surface area contributed by atoms with Gasteiger partial charge in [0.1, 0.15) is 11.6 Å². The van der Waals surface area contributed by atoms with Crippen molar-refractivity contribution in [1.29, 1.82) is 0 Å². The number of carbonyl (C=O) groups is 2. The van der Waals surface area contributed by atoms with Crippen molar-refractivity contribution < 1.29 is 18.7 Å². The van der Waals surface area contributed by atoms with E-state index >= 15 is 0 Å². The van der Waals surface area contributed by atoms with Crippen LogP contribution in [0.15, 0.2) is 48.5 Å². The summed E-state index contributed by atoms with van der Waals surface area (Å²) in [6.45, 7) is 3.08. The van der Waals surface area contributed by atoms with Gasteiger partial charge >= 0.3 is 0 Å². The van der Waals surface area contributed by atoms with Gasteiger partial charge in [-0.1, -0.05) is 19.4 Å². The average molecular weight is 370 g/mol. The highest BCUT2D eigenvalue weighted by atomic mass is 19.1. The molecule has 0 aliphatic carbocycles.